The second kappa shape index (κ2) is 26.0. The Kier molecular flexibility index (Phi) is 20.3. The quantitative estimate of drug-likeness (QED) is 0.0654. The number of fused-ring (bicyclic) bond motifs is 5. The van der Waals surface area contributed by atoms with E-state index in [2.05, 4.69) is 27.7 Å². The molecule has 6 heterocycles. The number of hydrogen-bond donors (Lipinski definition) is 15. The number of rotatable bonds is 16. The van der Waals surface area contributed by atoms with Gasteiger partial charge in [-0.25, -0.2) is 0 Å². The molecule has 0 aromatic heterocycles. The summed E-state index contributed by atoms with van der Waals surface area (Å²) in [6, 6.07) is 0. The summed E-state index contributed by atoms with van der Waals surface area (Å²) in [5.74, 6) is 1.22. The van der Waals surface area contributed by atoms with E-state index >= 15 is 0 Å². The molecule has 10 rings (SSSR count). The van der Waals surface area contributed by atoms with Crippen LogP contribution in [0, 0.1) is 46.3 Å². The zero-order chi connectivity index (χ0) is 59.8. The summed E-state index contributed by atoms with van der Waals surface area (Å²) in [6.07, 6.45) is -33.7. The number of aliphatic hydroxyl groups is 15. The third kappa shape index (κ3) is 12.2. The van der Waals surface area contributed by atoms with Gasteiger partial charge in [0.25, 0.3) is 0 Å². The molecule has 0 aromatic rings. The molecule has 15 N–H and O–H groups in total. The molecule has 27 heteroatoms. The lowest BCUT2D eigenvalue weighted by Gasteiger charge is -2.61. The minimum absolute atomic E-state index is 0.00191. The lowest BCUT2D eigenvalue weighted by atomic mass is 9.44. The molecule has 83 heavy (non-hydrogen) atoms. The third-order valence-corrected chi connectivity index (χ3v) is 21.4. The summed E-state index contributed by atoms with van der Waals surface area (Å²) < 4.78 is 72.8. The van der Waals surface area contributed by atoms with E-state index < -0.39 is 192 Å². The van der Waals surface area contributed by atoms with Crippen LogP contribution in [0.15, 0.2) is 0 Å². The minimum Gasteiger partial charge on any atom is -0.394 e. The first-order valence-corrected chi connectivity index (χ1v) is 30.2. The van der Waals surface area contributed by atoms with Crippen LogP contribution in [-0.2, 0) is 56.8 Å². The second-order valence-electron chi connectivity index (χ2n) is 26.4. The highest BCUT2D eigenvalue weighted by molar-refractivity contribution is 5.12. The van der Waals surface area contributed by atoms with Crippen LogP contribution in [0.3, 0.4) is 0 Å². The normalized spacial score (nSPS) is 56.0. The molecule has 4 aliphatic carbocycles. The van der Waals surface area contributed by atoms with E-state index in [0.29, 0.717) is 49.5 Å². The lowest BCUT2D eigenvalue weighted by Crippen LogP contribution is -2.69. The Morgan fingerprint density at radius 2 is 1.01 bits per heavy atom. The topological polar surface area (TPSA) is 414 Å². The maximum Gasteiger partial charge on any atom is 0.191 e. The molecule has 27 nitrogen and oxygen atoms in total. The molecular formula is C56H94O27. The Bertz CT molecular complexity index is 2100. The van der Waals surface area contributed by atoms with Gasteiger partial charge in [0.05, 0.1) is 51.8 Å². The molecule has 0 radical (unpaired) electrons. The van der Waals surface area contributed by atoms with Gasteiger partial charge in [-0.15, -0.1) is 0 Å². The third-order valence-electron chi connectivity index (χ3n) is 21.4. The first-order valence-electron chi connectivity index (χ1n) is 30.2. The van der Waals surface area contributed by atoms with E-state index in [-0.39, 0.29) is 28.8 Å². The van der Waals surface area contributed by atoms with Crippen LogP contribution >= 0.6 is 0 Å². The van der Waals surface area contributed by atoms with Crippen LogP contribution in [0.5, 0.6) is 0 Å². The summed E-state index contributed by atoms with van der Waals surface area (Å²) in [4.78, 5) is 0. The average Bonchev–Trinajstić information content (AvgIpc) is 2.07. The van der Waals surface area contributed by atoms with Crippen molar-refractivity contribution in [3.05, 3.63) is 0 Å². The van der Waals surface area contributed by atoms with Crippen molar-refractivity contribution >= 4 is 0 Å². The minimum atomic E-state index is -2.12. The predicted octanol–water partition coefficient (Wildman–Crippen LogP) is -4.06. The van der Waals surface area contributed by atoms with Crippen molar-refractivity contribution in [2.24, 2.45) is 46.3 Å². The van der Waals surface area contributed by atoms with E-state index in [1.54, 1.807) is 0 Å². The summed E-state index contributed by atoms with van der Waals surface area (Å²) >= 11 is 0. The predicted molar refractivity (Wildman–Crippen MR) is 277 cm³/mol. The number of hydrogen-bond acceptors (Lipinski definition) is 27. The molecule has 4 saturated carbocycles. The second-order valence-corrected chi connectivity index (χ2v) is 26.4. The molecule has 6 aliphatic heterocycles. The van der Waals surface area contributed by atoms with E-state index in [1.165, 1.54) is 0 Å². The Morgan fingerprint density at radius 1 is 0.470 bits per heavy atom. The van der Waals surface area contributed by atoms with Crippen LogP contribution < -0.4 is 0 Å². The molecule has 0 aromatic carbocycles. The van der Waals surface area contributed by atoms with Crippen LogP contribution in [-0.4, -0.2) is 282 Å². The van der Waals surface area contributed by atoms with Crippen molar-refractivity contribution in [2.75, 3.05) is 39.6 Å². The fourth-order valence-electron chi connectivity index (χ4n) is 16.5. The van der Waals surface area contributed by atoms with E-state index in [4.69, 9.17) is 56.8 Å². The van der Waals surface area contributed by atoms with Gasteiger partial charge in [-0.1, -0.05) is 34.1 Å². The van der Waals surface area contributed by atoms with E-state index in [9.17, 15) is 76.6 Å². The Hall–Kier alpha value is -1.08. The zero-order valence-electron chi connectivity index (χ0n) is 47.9. The van der Waals surface area contributed by atoms with E-state index in [1.807, 2.05) is 6.92 Å². The monoisotopic (exact) mass is 1200 g/mol. The largest absolute Gasteiger partial charge is 0.394 e. The van der Waals surface area contributed by atoms with Gasteiger partial charge in [0.15, 0.2) is 37.2 Å². The molecular weight excluding hydrogens is 1100 g/mol. The molecule has 9 unspecified atom stereocenters. The highest BCUT2D eigenvalue weighted by Crippen LogP contribution is 2.68. The van der Waals surface area contributed by atoms with E-state index in [0.717, 1.165) is 44.9 Å². The molecule has 0 amide bonds. The van der Waals surface area contributed by atoms with Gasteiger partial charge in [0.1, 0.15) is 116 Å². The van der Waals surface area contributed by atoms with Gasteiger partial charge in [0.2, 0.25) is 0 Å². The van der Waals surface area contributed by atoms with Crippen LogP contribution in [0.4, 0.5) is 0 Å². The highest BCUT2D eigenvalue weighted by Gasteiger charge is 2.64. The number of ether oxygens (including phenoxy) is 12. The SMILES string of the molecule is CC[C@H]1[C@@H](O[C@]2(C)OC[C@H](C)CC2O)C[C@H]2[C@@H]3CC[C@H]4C[C@@H](O[C@@H]5OC(CO)[C@H](O[C@@H]6OC(CO)[C@@H](O)[C@H](O[C@@H]7OC[C@@H](O)[C@H](O)C7O)C6O[C@@H]6OC(CO)[C@@H](O)[C@H](O[C@@H]7OC[C@@H](O)[C@H](O)C7O)C6O)[C@H](O)C5O)CC[C@]4(C)[C@H]3CC[C@@]21C. The maximum atomic E-state index is 12.0. The smallest absolute Gasteiger partial charge is 0.191 e. The molecule has 10 aliphatic rings. The summed E-state index contributed by atoms with van der Waals surface area (Å²) in [7, 11) is 0. The van der Waals surface area contributed by atoms with Crippen molar-refractivity contribution in [3.63, 3.8) is 0 Å². The van der Waals surface area contributed by atoms with Crippen LogP contribution in [0.25, 0.3) is 0 Å². The van der Waals surface area contributed by atoms with Crippen molar-refractivity contribution in [1.82, 2.24) is 0 Å². The molecule has 35 atom stereocenters. The number of aliphatic hydroxyl groups excluding tert-OH is 15. The summed E-state index contributed by atoms with van der Waals surface area (Å²) in [6.45, 7) is 7.84. The van der Waals surface area contributed by atoms with Gasteiger partial charge in [0, 0.05) is 0 Å². The first kappa shape index (κ1) is 64.9. The van der Waals surface area contributed by atoms with Gasteiger partial charge in [-0.3, -0.25) is 0 Å². The maximum absolute atomic E-state index is 12.0. The lowest BCUT2D eigenvalue weighted by molar-refractivity contribution is -0.408. The molecule has 0 bridgehead atoms. The summed E-state index contributed by atoms with van der Waals surface area (Å²) in [5.41, 5.74) is 0.0859. The van der Waals surface area contributed by atoms with Crippen LogP contribution in [0.1, 0.15) is 98.8 Å². The molecule has 480 valence electrons. The van der Waals surface area contributed by atoms with Crippen molar-refractivity contribution in [2.45, 2.75) is 264 Å². The summed E-state index contributed by atoms with van der Waals surface area (Å²) in [5, 5.41) is 164. The Labute approximate surface area is 482 Å². The van der Waals surface area contributed by atoms with Gasteiger partial charge in [-0.05, 0) is 111 Å². The highest BCUT2D eigenvalue weighted by atomic mass is 16.8. The Balaban J connectivity index is 0.833. The van der Waals surface area contributed by atoms with Crippen molar-refractivity contribution < 1.29 is 133 Å². The van der Waals surface area contributed by atoms with Crippen LogP contribution in [0.2, 0.25) is 0 Å². The van der Waals surface area contributed by atoms with Gasteiger partial charge >= 0.3 is 0 Å². The van der Waals surface area contributed by atoms with Crippen molar-refractivity contribution in [3.8, 4) is 0 Å². The van der Waals surface area contributed by atoms with Gasteiger partial charge in [-0.2, -0.15) is 0 Å². The molecule has 10 fully saturated rings. The molecule has 6 saturated heterocycles. The molecule has 0 spiro atoms. The first-order chi connectivity index (χ1) is 39.4. The fraction of sp³-hybridized carbons (Fsp3) is 1.00. The zero-order valence-corrected chi connectivity index (χ0v) is 47.9. The van der Waals surface area contributed by atoms with Gasteiger partial charge < -0.3 is 133 Å². The standard InChI is InChI=1S/C56H94O27/c1-6-26-31(83-56(5)35(62)13-22(2)19-74-56)15-28-25-8-7-23-14-24(9-11-54(23,3)27(25)10-12-55(26,28)4)75-51-43(70)40(67)45(34(18-59)78-51)79-53-48(47(39(66)33(17-58)77-53)81-50-42(69)37(64)30(61)21-73-50)82-52-44(71)46(38(65)32(16-57)76-52)80-49-41(68)36(63)29(60)20-72-49/h22-53,57-71H,6-21H2,1-5H3/t22-,23+,24+,25-,26+,27+,28+,29-,30-,31+,32?,33?,34?,35?,36+,37+,38-,39-,40-,41?,42?,43?,44?,45+,46+,47+,48?,49+,50+,51-,52+,53+,54+,55-,56+/m1/s1. The average molecular weight is 1200 g/mol. The fourth-order valence-corrected chi connectivity index (χ4v) is 16.5. The Morgan fingerprint density at radius 3 is 1.63 bits per heavy atom. The van der Waals surface area contributed by atoms with Crippen molar-refractivity contribution in [1.29, 1.82) is 0 Å².